The molecule has 324 valence electrons. The monoisotopic (exact) mass is 942 g/mol. The zero-order chi connectivity index (χ0) is 44.0. The van der Waals surface area contributed by atoms with Gasteiger partial charge in [0.15, 0.2) is 0 Å². The first-order chi connectivity index (χ1) is 28.2. The van der Waals surface area contributed by atoms with Gasteiger partial charge in [0.1, 0.15) is 46.6 Å². The quantitative estimate of drug-likeness (QED) is 0.0509. The van der Waals surface area contributed by atoms with E-state index in [2.05, 4.69) is 186 Å². The lowest BCUT2D eigenvalue weighted by atomic mass is 9.83. The van der Waals surface area contributed by atoms with Crippen LogP contribution in [0.2, 0.25) is 0 Å². The van der Waals surface area contributed by atoms with Gasteiger partial charge in [0.05, 0.1) is 26.2 Å². The molecule has 5 rings (SSSR count). The van der Waals surface area contributed by atoms with Crippen LogP contribution < -0.4 is 0 Å². The van der Waals surface area contributed by atoms with Gasteiger partial charge in [-0.05, 0) is 88.5 Å². The smallest absolute Gasteiger partial charge is 0.150 e. The number of alkyl halides is 2. The second kappa shape index (κ2) is 19.4. The molecule has 8 heteroatoms. The van der Waals surface area contributed by atoms with E-state index in [1.165, 1.54) is 22.3 Å². The van der Waals surface area contributed by atoms with Gasteiger partial charge in [-0.2, -0.15) is 0 Å². The van der Waals surface area contributed by atoms with Crippen molar-refractivity contribution in [2.75, 3.05) is 26.2 Å². The van der Waals surface area contributed by atoms with Gasteiger partial charge in [-0.1, -0.05) is 134 Å². The van der Waals surface area contributed by atoms with Crippen LogP contribution in [-0.4, -0.2) is 66.7 Å². The van der Waals surface area contributed by atoms with Crippen molar-refractivity contribution >= 4 is 44.3 Å². The van der Waals surface area contributed by atoms with Gasteiger partial charge in [-0.15, -0.1) is 0 Å². The zero-order valence-corrected chi connectivity index (χ0v) is 41.3. The number of hydrogen-bond donors (Lipinski definition) is 2. The largest absolute Gasteiger partial charge is 0.507 e. The van der Waals surface area contributed by atoms with Gasteiger partial charge >= 0.3 is 0 Å². The van der Waals surface area contributed by atoms with E-state index in [1.807, 2.05) is 12.4 Å². The summed E-state index contributed by atoms with van der Waals surface area (Å²) in [5.41, 5.74) is 7.78. The Morgan fingerprint density at radius 2 is 0.850 bits per heavy atom. The van der Waals surface area contributed by atoms with E-state index in [1.54, 1.807) is 0 Å². The molecule has 0 heterocycles. The molecule has 0 unspecified atom stereocenters. The second-order valence-electron chi connectivity index (χ2n) is 19.5. The van der Waals surface area contributed by atoms with Gasteiger partial charge in [0.2, 0.25) is 0 Å². The maximum absolute atomic E-state index is 11.9. The van der Waals surface area contributed by atoms with Crippen LogP contribution in [0.3, 0.4) is 0 Å². The summed E-state index contributed by atoms with van der Waals surface area (Å²) in [5, 5.41) is 23.7. The van der Waals surface area contributed by atoms with E-state index in [0.29, 0.717) is 0 Å². The molecule has 0 spiro atoms. The molecule has 0 radical (unpaired) electrons. The molecule has 6 nitrogen and oxygen atoms in total. The number of aliphatic imine (C=N–C) groups is 2. The Morgan fingerprint density at radius 3 is 1.15 bits per heavy atom. The van der Waals surface area contributed by atoms with Crippen LogP contribution in [-0.2, 0) is 37.0 Å². The van der Waals surface area contributed by atoms with E-state index >= 15 is 0 Å². The number of nitrogens with zero attached hydrogens (tertiary/aromatic N) is 4. The van der Waals surface area contributed by atoms with Crippen molar-refractivity contribution in [2.24, 2.45) is 9.98 Å². The van der Waals surface area contributed by atoms with Crippen LogP contribution in [0.5, 0.6) is 11.5 Å². The Bertz CT molecular complexity index is 1950. The minimum absolute atomic E-state index is 0.270. The van der Waals surface area contributed by atoms with E-state index < -0.39 is 8.90 Å². The van der Waals surface area contributed by atoms with Crippen molar-refractivity contribution in [2.45, 2.75) is 141 Å². The highest BCUT2D eigenvalue weighted by Gasteiger charge is 2.50. The molecule has 1 fully saturated rings. The number of quaternary nitrogens is 2. The first kappa shape index (κ1) is 47.7. The van der Waals surface area contributed by atoms with Crippen LogP contribution in [0.1, 0.15) is 139 Å². The number of benzene rings is 4. The third-order valence-corrected chi connectivity index (χ3v) is 16.2. The van der Waals surface area contributed by atoms with Crippen molar-refractivity contribution in [3.05, 3.63) is 129 Å². The zero-order valence-electron chi connectivity index (χ0n) is 38.2. The van der Waals surface area contributed by atoms with Crippen molar-refractivity contribution < 1.29 is 19.2 Å². The van der Waals surface area contributed by atoms with Gasteiger partial charge in [0.25, 0.3) is 0 Å². The lowest BCUT2D eigenvalue weighted by molar-refractivity contribution is -0.950. The summed E-state index contributed by atoms with van der Waals surface area (Å²) in [4.78, 5) is 10.6. The lowest BCUT2D eigenvalue weighted by Crippen LogP contribution is -2.46. The summed E-state index contributed by atoms with van der Waals surface area (Å²) < 4.78 is 0.244. The first-order valence-corrected chi connectivity index (χ1v) is 23.8. The molecule has 1 aliphatic carbocycles. The predicted octanol–water partition coefficient (Wildman–Crippen LogP) is 13.1. The second-order valence-corrected chi connectivity index (χ2v) is 22.1. The van der Waals surface area contributed by atoms with Crippen LogP contribution >= 0.6 is 31.9 Å². The fourth-order valence-corrected chi connectivity index (χ4v) is 10.3. The lowest BCUT2D eigenvalue weighted by Gasteiger charge is -2.41. The molecular formula is C52H72Br2N4O2+2. The minimum atomic E-state index is -0.786. The fraction of sp³-hybridized carbons (Fsp3) is 0.500. The van der Waals surface area contributed by atoms with Crippen LogP contribution in [0, 0.1) is 0 Å². The Hall–Kier alpha value is -3.30. The predicted molar refractivity (Wildman–Crippen MR) is 261 cm³/mol. The van der Waals surface area contributed by atoms with E-state index in [9.17, 15) is 10.2 Å². The van der Waals surface area contributed by atoms with E-state index in [4.69, 9.17) is 9.98 Å². The van der Waals surface area contributed by atoms with Crippen LogP contribution in [0.15, 0.2) is 94.9 Å². The summed E-state index contributed by atoms with van der Waals surface area (Å²) >= 11 is 8.24. The topological polar surface area (TPSA) is 65.2 Å². The molecule has 0 saturated heterocycles. The Balaban J connectivity index is 1.52. The third kappa shape index (κ3) is 11.2. The average Bonchev–Trinajstić information content (AvgIpc) is 3.21. The molecule has 0 aromatic heterocycles. The summed E-state index contributed by atoms with van der Waals surface area (Å²) in [7, 11) is 0. The summed E-state index contributed by atoms with van der Waals surface area (Å²) in [6, 6.07) is 30.2. The molecule has 1 saturated carbocycles. The van der Waals surface area contributed by atoms with Gasteiger partial charge in [-0.25, -0.2) is 0 Å². The standard InChI is InChI=1S/C52H70Br2N4O2/c1-11-57(12-2,35-39-23-17-15-18-24-39)37-41-29-43(47(59)45(31-41)49(5,6)7)33-55-51(53)27-21-22-28-52(51,54)56-34-44-30-42(32-46(48(44)60)50(8,9)10)38-58(13-3,14-4)36-40-25-19-16-20-26-40/h15-20,23-26,29-34H,11-14,21-22,27-28,35-38H2,1-10H3/p+2/t51-,52-/m0/s1. The van der Waals surface area contributed by atoms with Gasteiger partial charge in [0, 0.05) is 56.9 Å². The number of phenols is 2. The average molecular weight is 945 g/mol. The first-order valence-electron chi connectivity index (χ1n) is 22.2. The molecule has 2 atom stereocenters. The molecular weight excluding hydrogens is 872 g/mol. The molecule has 0 aliphatic heterocycles. The van der Waals surface area contributed by atoms with Crippen LogP contribution in [0.25, 0.3) is 0 Å². The fourth-order valence-electron chi connectivity index (χ4n) is 8.90. The van der Waals surface area contributed by atoms with Crippen molar-refractivity contribution in [3.63, 3.8) is 0 Å². The molecule has 60 heavy (non-hydrogen) atoms. The molecule has 1 aliphatic rings. The summed E-state index contributed by atoms with van der Waals surface area (Å²) in [6.07, 6.45) is 7.21. The molecule has 0 amide bonds. The van der Waals surface area contributed by atoms with E-state index in [-0.39, 0.29) is 22.3 Å². The normalized spacial score (nSPS) is 19.4. The van der Waals surface area contributed by atoms with E-state index in [0.717, 1.165) is 109 Å². The van der Waals surface area contributed by atoms with Crippen molar-refractivity contribution in [3.8, 4) is 11.5 Å². The third-order valence-electron chi connectivity index (χ3n) is 13.1. The summed E-state index contributed by atoms with van der Waals surface area (Å²) in [5.74, 6) is 0.550. The highest BCUT2D eigenvalue weighted by molar-refractivity contribution is 9.13. The number of aromatic hydroxyl groups is 2. The summed E-state index contributed by atoms with van der Waals surface area (Å²) in [6.45, 7) is 29.6. The maximum Gasteiger partial charge on any atom is 0.150 e. The maximum atomic E-state index is 11.9. The number of halogens is 2. The number of hydrogen-bond acceptors (Lipinski definition) is 4. The Labute approximate surface area is 379 Å². The minimum Gasteiger partial charge on any atom is -0.507 e. The molecule has 2 N–H and O–H groups in total. The van der Waals surface area contributed by atoms with Crippen molar-refractivity contribution in [1.82, 2.24) is 0 Å². The Kier molecular flexibility index (Phi) is 15.4. The molecule has 4 aromatic carbocycles. The number of rotatable bonds is 16. The SMILES string of the molecule is CC[N+](CC)(Cc1ccccc1)Cc1cc(C=N[C@@]2(Br)CCCC[C@]2(Br)N=Cc2cc(C[N+](CC)(CC)Cc3ccccc3)cc(C(C)(C)C)c2O)c(O)c(C(C)(C)C)c1. The van der Waals surface area contributed by atoms with Gasteiger partial charge in [-0.3, -0.25) is 9.98 Å². The Morgan fingerprint density at radius 1 is 0.533 bits per heavy atom. The van der Waals surface area contributed by atoms with Gasteiger partial charge < -0.3 is 19.2 Å². The molecule has 4 aromatic rings. The number of phenolic OH excluding ortho intramolecular Hbond substituents is 2. The highest BCUT2D eigenvalue weighted by Crippen LogP contribution is 2.51. The van der Waals surface area contributed by atoms with Crippen molar-refractivity contribution in [1.29, 1.82) is 0 Å². The highest BCUT2D eigenvalue weighted by atomic mass is 79.9. The molecule has 0 bridgehead atoms. The van der Waals surface area contributed by atoms with Crippen LogP contribution in [0.4, 0.5) is 0 Å².